The summed E-state index contributed by atoms with van der Waals surface area (Å²) < 4.78 is 30.0. The lowest BCUT2D eigenvalue weighted by Gasteiger charge is -2.38. The first-order valence-corrected chi connectivity index (χ1v) is 14.1. The summed E-state index contributed by atoms with van der Waals surface area (Å²) in [5.41, 5.74) is 3.88. The van der Waals surface area contributed by atoms with E-state index in [1.807, 2.05) is 32.0 Å². The van der Waals surface area contributed by atoms with E-state index in [0.29, 0.717) is 42.1 Å². The predicted molar refractivity (Wildman–Crippen MR) is 141 cm³/mol. The van der Waals surface area contributed by atoms with Crippen LogP contribution >= 0.6 is 0 Å². The van der Waals surface area contributed by atoms with Crippen molar-refractivity contribution < 1.29 is 18.0 Å². The number of nitrogens with zero attached hydrogens (tertiary/aromatic N) is 2. The number of carbonyl (C=O) groups excluding carboxylic acids is 2. The summed E-state index contributed by atoms with van der Waals surface area (Å²) in [5, 5.41) is 3.02. The maximum atomic E-state index is 13.6. The van der Waals surface area contributed by atoms with Crippen molar-refractivity contribution in [3.63, 3.8) is 0 Å². The number of carbonyl (C=O) groups is 2. The molecule has 8 nitrogen and oxygen atoms in total. The SMILES string of the molecule is Cc1ccccc1C(=O)Nc1ccc(S(=O)(=O)N[C@H]2CCN(C(=O)N(C)C)C[C@@H]2C)c2c1CCCC2. The van der Waals surface area contributed by atoms with Crippen LogP contribution in [0.2, 0.25) is 0 Å². The van der Waals surface area contributed by atoms with E-state index in [1.54, 1.807) is 42.1 Å². The van der Waals surface area contributed by atoms with Gasteiger partial charge in [0.25, 0.3) is 5.91 Å². The van der Waals surface area contributed by atoms with Gasteiger partial charge in [-0.25, -0.2) is 17.9 Å². The van der Waals surface area contributed by atoms with Gasteiger partial charge in [0.1, 0.15) is 0 Å². The molecule has 36 heavy (non-hydrogen) atoms. The van der Waals surface area contributed by atoms with Gasteiger partial charge in [-0.2, -0.15) is 0 Å². The quantitative estimate of drug-likeness (QED) is 0.637. The van der Waals surface area contributed by atoms with Crippen LogP contribution in [0.3, 0.4) is 0 Å². The molecule has 4 rings (SSSR count). The van der Waals surface area contributed by atoms with E-state index in [9.17, 15) is 18.0 Å². The fourth-order valence-electron chi connectivity index (χ4n) is 5.26. The lowest BCUT2D eigenvalue weighted by atomic mass is 9.90. The van der Waals surface area contributed by atoms with Crippen LogP contribution in [0, 0.1) is 12.8 Å². The first-order chi connectivity index (χ1) is 17.1. The zero-order valence-electron chi connectivity index (χ0n) is 21.5. The third-order valence-corrected chi connectivity index (χ3v) is 8.86. The molecule has 9 heteroatoms. The molecule has 3 amide bonds. The summed E-state index contributed by atoms with van der Waals surface area (Å²) in [6, 6.07) is 10.4. The van der Waals surface area contributed by atoms with Gasteiger partial charge in [-0.05, 0) is 79.8 Å². The van der Waals surface area contributed by atoms with Crippen molar-refractivity contribution in [2.75, 3.05) is 32.5 Å². The average Bonchev–Trinajstić information content (AvgIpc) is 2.85. The Balaban J connectivity index is 1.55. The minimum Gasteiger partial charge on any atom is -0.331 e. The predicted octanol–water partition coefficient (Wildman–Crippen LogP) is 3.80. The molecule has 2 aliphatic rings. The van der Waals surface area contributed by atoms with Crippen molar-refractivity contribution in [1.29, 1.82) is 0 Å². The number of sulfonamides is 1. The van der Waals surface area contributed by atoms with Gasteiger partial charge in [-0.1, -0.05) is 25.1 Å². The number of piperidine rings is 1. The molecule has 0 unspecified atom stereocenters. The topological polar surface area (TPSA) is 98.8 Å². The zero-order chi connectivity index (χ0) is 26.0. The van der Waals surface area contributed by atoms with Crippen LogP contribution in [0.15, 0.2) is 41.3 Å². The molecule has 1 heterocycles. The number of amides is 3. The van der Waals surface area contributed by atoms with Crippen molar-refractivity contribution in [3.05, 3.63) is 58.7 Å². The van der Waals surface area contributed by atoms with Gasteiger partial charge in [0.05, 0.1) is 4.90 Å². The third-order valence-electron chi connectivity index (χ3n) is 7.28. The van der Waals surface area contributed by atoms with Crippen LogP contribution in [0.1, 0.15) is 53.2 Å². The van der Waals surface area contributed by atoms with Crippen LogP contribution in [0.25, 0.3) is 0 Å². The van der Waals surface area contributed by atoms with Crippen LogP contribution in [-0.2, 0) is 22.9 Å². The van der Waals surface area contributed by atoms with Crippen LogP contribution in [0.4, 0.5) is 10.5 Å². The number of urea groups is 1. The van der Waals surface area contributed by atoms with Gasteiger partial charge in [0.15, 0.2) is 0 Å². The lowest BCUT2D eigenvalue weighted by Crippen LogP contribution is -2.53. The first-order valence-electron chi connectivity index (χ1n) is 12.6. The van der Waals surface area contributed by atoms with Crippen molar-refractivity contribution in [2.24, 2.45) is 5.92 Å². The van der Waals surface area contributed by atoms with Gasteiger partial charge in [-0.15, -0.1) is 0 Å². The number of rotatable bonds is 5. The number of anilines is 1. The second kappa shape index (κ2) is 10.6. The molecule has 2 aromatic carbocycles. The smallest absolute Gasteiger partial charge is 0.319 e. The van der Waals surface area contributed by atoms with E-state index in [-0.39, 0.29) is 23.9 Å². The van der Waals surface area contributed by atoms with Crippen LogP contribution in [-0.4, -0.2) is 63.4 Å². The van der Waals surface area contributed by atoms with Crippen molar-refractivity contribution in [1.82, 2.24) is 14.5 Å². The zero-order valence-corrected chi connectivity index (χ0v) is 22.3. The summed E-state index contributed by atoms with van der Waals surface area (Å²) >= 11 is 0. The second-order valence-electron chi connectivity index (χ2n) is 10.2. The van der Waals surface area contributed by atoms with Crippen molar-refractivity contribution >= 4 is 27.6 Å². The number of nitrogens with one attached hydrogen (secondary N) is 2. The summed E-state index contributed by atoms with van der Waals surface area (Å²) in [4.78, 5) is 28.9. The standard InChI is InChI=1S/C27H36N4O4S/c1-18-9-5-6-10-20(18)26(32)28-24-13-14-25(22-12-8-7-11-21(22)24)36(34,35)29-23-15-16-31(17-19(23)2)27(33)30(3)4/h5-6,9-10,13-14,19,23,29H,7-8,11-12,15-17H2,1-4H3,(H,28,32)/t19-,23-/m0/s1. The first kappa shape index (κ1) is 26.2. The highest BCUT2D eigenvalue weighted by Gasteiger charge is 2.34. The average molecular weight is 513 g/mol. The molecule has 0 radical (unpaired) electrons. The molecule has 0 bridgehead atoms. The second-order valence-corrected chi connectivity index (χ2v) is 11.8. The van der Waals surface area contributed by atoms with Gasteiger partial charge in [0.2, 0.25) is 10.0 Å². The number of likely N-dealkylation sites (tertiary alicyclic amines) is 1. The Morgan fingerprint density at radius 2 is 1.72 bits per heavy atom. The summed E-state index contributed by atoms with van der Waals surface area (Å²) in [5.74, 6) is -0.205. The molecule has 1 aliphatic carbocycles. The van der Waals surface area contributed by atoms with Crippen molar-refractivity contribution in [3.8, 4) is 0 Å². The normalized spacial score (nSPS) is 19.9. The Kier molecular flexibility index (Phi) is 7.70. The number of fused-ring (bicyclic) bond motifs is 1. The highest BCUT2D eigenvalue weighted by Crippen LogP contribution is 2.34. The molecular formula is C27H36N4O4S. The van der Waals surface area contributed by atoms with Crippen LogP contribution in [0.5, 0.6) is 0 Å². The van der Waals surface area contributed by atoms with E-state index in [4.69, 9.17) is 0 Å². The van der Waals surface area contributed by atoms with E-state index in [1.165, 1.54) is 0 Å². The highest BCUT2D eigenvalue weighted by molar-refractivity contribution is 7.89. The molecule has 0 aromatic heterocycles. The Labute approximate surface area is 214 Å². The Bertz CT molecular complexity index is 1260. The molecule has 2 aromatic rings. The minimum absolute atomic E-state index is 0.0130. The Morgan fingerprint density at radius 3 is 2.39 bits per heavy atom. The number of benzene rings is 2. The molecule has 1 fully saturated rings. The van der Waals surface area contributed by atoms with Gasteiger partial charge in [-0.3, -0.25) is 4.79 Å². The Morgan fingerprint density at radius 1 is 1.03 bits per heavy atom. The fraction of sp³-hybridized carbons (Fsp3) is 0.481. The molecule has 2 N–H and O–H groups in total. The van der Waals surface area contributed by atoms with E-state index in [0.717, 1.165) is 36.0 Å². The number of hydrogen-bond donors (Lipinski definition) is 2. The van der Waals surface area contributed by atoms with Gasteiger partial charge < -0.3 is 15.1 Å². The number of aryl methyl sites for hydroxylation is 1. The molecule has 1 saturated heterocycles. The summed E-state index contributed by atoms with van der Waals surface area (Å²) in [6.45, 7) is 4.89. The van der Waals surface area contributed by atoms with Crippen LogP contribution < -0.4 is 10.0 Å². The fourth-order valence-corrected chi connectivity index (χ4v) is 6.93. The maximum absolute atomic E-state index is 13.6. The van der Waals surface area contributed by atoms with E-state index >= 15 is 0 Å². The summed E-state index contributed by atoms with van der Waals surface area (Å²) in [6.07, 6.45) is 3.81. The molecule has 0 saturated carbocycles. The number of hydrogen-bond acceptors (Lipinski definition) is 4. The summed E-state index contributed by atoms with van der Waals surface area (Å²) in [7, 11) is -0.328. The molecule has 0 spiro atoms. The molecule has 194 valence electrons. The molecule has 1 aliphatic heterocycles. The van der Waals surface area contributed by atoms with Gasteiger partial charge in [0, 0.05) is 44.5 Å². The molecule has 2 atom stereocenters. The van der Waals surface area contributed by atoms with Gasteiger partial charge >= 0.3 is 6.03 Å². The minimum atomic E-state index is -3.77. The third kappa shape index (κ3) is 5.42. The largest absolute Gasteiger partial charge is 0.331 e. The van der Waals surface area contributed by atoms with Crippen molar-refractivity contribution in [2.45, 2.75) is 56.9 Å². The van der Waals surface area contributed by atoms with E-state index in [2.05, 4.69) is 10.0 Å². The Hall–Kier alpha value is -2.91. The molecular weight excluding hydrogens is 476 g/mol. The maximum Gasteiger partial charge on any atom is 0.319 e. The highest BCUT2D eigenvalue weighted by atomic mass is 32.2. The monoisotopic (exact) mass is 512 g/mol. The van der Waals surface area contributed by atoms with E-state index < -0.39 is 10.0 Å². The lowest BCUT2D eigenvalue weighted by molar-refractivity contribution is 0.102.